The van der Waals surface area contributed by atoms with Crippen molar-refractivity contribution in [1.82, 2.24) is 4.57 Å². The molecule has 1 unspecified atom stereocenters. The maximum Gasteiger partial charge on any atom is 0.152 e. The van der Waals surface area contributed by atoms with Crippen molar-refractivity contribution >= 4 is 27.4 Å². The average molecular weight is 589 g/mol. The second-order valence-corrected chi connectivity index (χ2v) is 12.1. The van der Waals surface area contributed by atoms with Gasteiger partial charge < -0.3 is 9.30 Å². The third kappa shape index (κ3) is 4.27. The van der Waals surface area contributed by atoms with E-state index in [1.165, 1.54) is 44.1 Å². The predicted molar refractivity (Wildman–Crippen MR) is 187 cm³/mol. The van der Waals surface area contributed by atoms with Crippen molar-refractivity contribution < 1.29 is 4.74 Å². The highest BCUT2D eigenvalue weighted by molar-refractivity contribution is 6.13. The summed E-state index contributed by atoms with van der Waals surface area (Å²) in [7, 11) is 0. The molecule has 9 rings (SSSR count). The lowest BCUT2D eigenvalue weighted by Crippen LogP contribution is -2.05. The summed E-state index contributed by atoms with van der Waals surface area (Å²) in [4.78, 5) is 0. The second-order valence-electron chi connectivity index (χ2n) is 12.1. The smallest absolute Gasteiger partial charge is 0.152 e. The van der Waals surface area contributed by atoms with Crippen molar-refractivity contribution in [1.29, 1.82) is 5.26 Å². The SMILES string of the molecule is N#Cc1ccc(-c2ccc(-c3cccc(C4C=CC=C(c5cc6c7c(c5)c5ccccc5n7-c5ccccc5O6)C4)c3)cc2)cc1. The molecule has 1 aromatic heterocycles. The predicted octanol–water partition coefficient (Wildman–Crippen LogP) is 11.2. The van der Waals surface area contributed by atoms with Crippen LogP contribution in [0, 0.1) is 11.3 Å². The Labute approximate surface area is 267 Å². The highest BCUT2D eigenvalue weighted by Crippen LogP contribution is 2.47. The number of ether oxygens (including phenoxy) is 1. The first kappa shape index (κ1) is 26.3. The van der Waals surface area contributed by atoms with Crippen LogP contribution in [0.3, 0.4) is 0 Å². The molecule has 0 saturated heterocycles. The lowest BCUT2D eigenvalue weighted by atomic mass is 9.84. The van der Waals surface area contributed by atoms with Gasteiger partial charge in [-0.3, -0.25) is 0 Å². The summed E-state index contributed by atoms with van der Waals surface area (Å²) < 4.78 is 8.90. The van der Waals surface area contributed by atoms with E-state index >= 15 is 0 Å². The molecule has 0 bridgehead atoms. The van der Waals surface area contributed by atoms with Gasteiger partial charge in [-0.05, 0) is 87.8 Å². The highest BCUT2D eigenvalue weighted by Gasteiger charge is 2.25. The number of fused-ring (bicyclic) bond motifs is 5. The molecule has 3 nitrogen and oxygen atoms in total. The molecule has 2 aliphatic rings. The van der Waals surface area contributed by atoms with Crippen molar-refractivity contribution in [3.8, 4) is 45.5 Å². The third-order valence-corrected chi connectivity index (χ3v) is 9.39. The van der Waals surface area contributed by atoms with Crippen molar-refractivity contribution in [3.05, 3.63) is 168 Å². The van der Waals surface area contributed by atoms with E-state index in [1.807, 2.05) is 30.3 Å². The van der Waals surface area contributed by atoms with E-state index in [0.29, 0.717) is 5.56 Å². The molecule has 0 spiro atoms. The fourth-order valence-corrected chi connectivity index (χ4v) is 7.08. The van der Waals surface area contributed by atoms with Crippen LogP contribution in [0.4, 0.5) is 0 Å². The Kier molecular flexibility index (Phi) is 6.01. The number of para-hydroxylation sites is 3. The van der Waals surface area contributed by atoms with Gasteiger partial charge >= 0.3 is 0 Å². The van der Waals surface area contributed by atoms with Crippen LogP contribution in [0.1, 0.15) is 29.0 Å². The Hall–Kier alpha value is -6.11. The Bertz CT molecular complexity index is 2420. The van der Waals surface area contributed by atoms with E-state index in [4.69, 9.17) is 10.00 Å². The summed E-state index contributed by atoms with van der Waals surface area (Å²) >= 11 is 0. The van der Waals surface area contributed by atoms with Crippen LogP contribution in [0.2, 0.25) is 0 Å². The van der Waals surface area contributed by atoms with Crippen molar-refractivity contribution in [2.24, 2.45) is 0 Å². The first-order chi connectivity index (χ1) is 22.7. The molecule has 3 heteroatoms. The standard InChI is InChI=1S/C43H28N2O/c44-27-28-15-17-29(18-16-28)30-19-21-31(22-20-30)32-7-5-8-33(23-32)34-9-6-10-35(24-34)36-25-38-37-11-1-2-12-39(37)45-40-13-3-4-14-41(40)46-42(26-36)43(38)45/h1-23,25-26,34H,24H2. The van der Waals surface area contributed by atoms with Gasteiger partial charge in [-0.15, -0.1) is 0 Å². The number of aromatic nitrogens is 1. The Morgan fingerprint density at radius 3 is 2.20 bits per heavy atom. The van der Waals surface area contributed by atoms with Crippen LogP contribution in [0.25, 0.3) is 55.3 Å². The van der Waals surface area contributed by atoms with E-state index in [2.05, 4.69) is 132 Å². The molecule has 216 valence electrons. The van der Waals surface area contributed by atoms with Gasteiger partial charge in [0.15, 0.2) is 11.5 Å². The summed E-state index contributed by atoms with van der Waals surface area (Å²) in [5.74, 6) is 2.06. The molecule has 2 heterocycles. The molecule has 0 radical (unpaired) electrons. The number of nitriles is 1. The van der Waals surface area contributed by atoms with Crippen LogP contribution in [-0.2, 0) is 0 Å². The van der Waals surface area contributed by atoms with Crippen LogP contribution in [0.15, 0.2) is 152 Å². The van der Waals surface area contributed by atoms with Crippen LogP contribution >= 0.6 is 0 Å². The van der Waals surface area contributed by atoms with Crippen LogP contribution in [0.5, 0.6) is 11.5 Å². The van der Waals surface area contributed by atoms with Gasteiger partial charge in [-0.1, -0.05) is 109 Å². The molecule has 1 aliphatic carbocycles. The maximum absolute atomic E-state index is 9.11. The van der Waals surface area contributed by atoms with Crippen molar-refractivity contribution in [2.45, 2.75) is 12.3 Å². The lowest BCUT2D eigenvalue weighted by molar-refractivity contribution is 0.476. The summed E-state index contributed by atoms with van der Waals surface area (Å²) in [6.45, 7) is 0. The summed E-state index contributed by atoms with van der Waals surface area (Å²) in [5.41, 5.74) is 12.5. The fourth-order valence-electron chi connectivity index (χ4n) is 7.08. The average Bonchev–Trinajstić information content (AvgIpc) is 3.47. The first-order valence-electron chi connectivity index (χ1n) is 15.7. The summed E-state index contributed by atoms with van der Waals surface area (Å²) in [6.07, 6.45) is 7.69. The Balaban J connectivity index is 1.03. The molecular weight excluding hydrogens is 560 g/mol. The van der Waals surface area contributed by atoms with E-state index in [-0.39, 0.29) is 5.92 Å². The third-order valence-electron chi connectivity index (χ3n) is 9.39. The number of hydrogen-bond donors (Lipinski definition) is 0. The zero-order chi connectivity index (χ0) is 30.6. The quantitative estimate of drug-likeness (QED) is 0.205. The molecule has 7 aromatic rings. The Morgan fingerprint density at radius 1 is 0.630 bits per heavy atom. The topological polar surface area (TPSA) is 38.0 Å². The number of hydrogen-bond acceptors (Lipinski definition) is 2. The van der Waals surface area contributed by atoms with Crippen molar-refractivity contribution in [3.63, 3.8) is 0 Å². The lowest BCUT2D eigenvalue weighted by Gasteiger charge is -2.23. The maximum atomic E-state index is 9.11. The number of rotatable bonds is 4. The normalized spacial score (nSPS) is 14.8. The number of allylic oxidation sites excluding steroid dienone is 4. The summed E-state index contributed by atoms with van der Waals surface area (Å²) in [6, 6.07) is 49.1. The molecule has 1 aliphatic heterocycles. The second kappa shape index (κ2) is 10.5. The molecule has 46 heavy (non-hydrogen) atoms. The minimum atomic E-state index is 0.271. The first-order valence-corrected chi connectivity index (χ1v) is 15.7. The molecule has 0 fully saturated rings. The van der Waals surface area contributed by atoms with Gasteiger partial charge in [0, 0.05) is 16.7 Å². The van der Waals surface area contributed by atoms with Crippen LogP contribution in [-0.4, -0.2) is 4.57 Å². The van der Waals surface area contributed by atoms with E-state index in [9.17, 15) is 0 Å². The highest BCUT2D eigenvalue weighted by atomic mass is 16.5. The molecule has 6 aromatic carbocycles. The van der Waals surface area contributed by atoms with Gasteiger partial charge in [-0.25, -0.2) is 0 Å². The van der Waals surface area contributed by atoms with E-state index < -0.39 is 0 Å². The van der Waals surface area contributed by atoms with Gasteiger partial charge in [0.25, 0.3) is 0 Å². The van der Waals surface area contributed by atoms with E-state index in [0.717, 1.165) is 40.3 Å². The van der Waals surface area contributed by atoms with E-state index in [1.54, 1.807) is 0 Å². The monoisotopic (exact) mass is 588 g/mol. The van der Waals surface area contributed by atoms with Gasteiger partial charge in [0.2, 0.25) is 0 Å². The van der Waals surface area contributed by atoms with Gasteiger partial charge in [0.1, 0.15) is 0 Å². The zero-order valence-corrected chi connectivity index (χ0v) is 25.0. The molecular formula is C43H28N2O. The number of nitrogens with zero attached hydrogens (tertiary/aromatic N) is 2. The summed E-state index contributed by atoms with van der Waals surface area (Å²) in [5, 5.41) is 11.6. The van der Waals surface area contributed by atoms with Gasteiger partial charge in [-0.2, -0.15) is 5.26 Å². The minimum Gasteiger partial charge on any atom is -0.453 e. The molecule has 1 atom stereocenters. The fraction of sp³-hybridized carbons (Fsp3) is 0.0465. The molecule has 0 saturated carbocycles. The van der Waals surface area contributed by atoms with Gasteiger partial charge in [0.05, 0.1) is 28.4 Å². The minimum absolute atomic E-state index is 0.271. The van der Waals surface area contributed by atoms with Crippen molar-refractivity contribution in [2.75, 3.05) is 0 Å². The largest absolute Gasteiger partial charge is 0.453 e. The Morgan fingerprint density at radius 2 is 1.37 bits per heavy atom. The van der Waals surface area contributed by atoms with Crippen LogP contribution < -0.4 is 4.74 Å². The number of benzene rings is 6. The zero-order valence-electron chi connectivity index (χ0n) is 25.0. The molecule has 0 amide bonds. The molecule has 0 N–H and O–H groups in total.